The predicted octanol–water partition coefficient (Wildman–Crippen LogP) is 4.49. The molecule has 3 aliphatic rings. The minimum Gasteiger partial charge on any atom is -0.340 e. The van der Waals surface area contributed by atoms with E-state index in [-0.39, 0.29) is 34.0 Å². The fourth-order valence-corrected chi connectivity index (χ4v) is 8.04. The Morgan fingerprint density at radius 3 is 2.57 bits per heavy atom. The summed E-state index contributed by atoms with van der Waals surface area (Å²) in [6.07, 6.45) is 7.67. The predicted molar refractivity (Wildman–Crippen MR) is 159 cm³/mol. The molecule has 3 saturated heterocycles. The molecule has 6 rings (SSSR count). The van der Waals surface area contributed by atoms with Crippen molar-refractivity contribution in [3.8, 4) is 0 Å². The van der Waals surface area contributed by atoms with Gasteiger partial charge in [-0.05, 0) is 73.4 Å². The van der Waals surface area contributed by atoms with Crippen molar-refractivity contribution in [2.75, 3.05) is 13.1 Å². The van der Waals surface area contributed by atoms with E-state index in [1.165, 1.54) is 12.1 Å². The zero-order valence-corrected chi connectivity index (χ0v) is 25.7. The summed E-state index contributed by atoms with van der Waals surface area (Å²) in [4.78, 5) is 66.9. The molecule has 0 saturated carbocycles. The topological polar surface area (TPSA) is 140 Å². The second-order valence-electron chi connectivity index (χ2n) is 11.9. The first kappa shape index (κ1) is 30.8. The number of alkyl halides is 2. The standard InChI is InChI=1S/C30H33F2N4O6PS/c1-17-10-11-33-14-22(17)19-15-35(16-19)29(39)24-8-7-21-4-2-3-5-23(28(38)36(21)24)34-27(37)26-13-18-12-20(6-9-25(18)44-26)30(31,32)43(40,41)42/h6,9-14,19,21,23-24H,2-5,7-8,15-16H2,1H3,(H,34,37)(H2,40,41,42)/t21-,23-,24-/m0/s1. The zero-order chi connectivity index (χ0) is 31.4. The Morgan fingerprint density at radius 2 is 1.84 bits per heavy atom. The highest BCUT2D eigenvalue weighted by Gasteiger charge is 2.50. The molecule has 14 heteroatoms. The Morgan fingerprint density at radius 1 is 1.09 bits per heavy atom. The lowest BCUT2D eigenvalue weighted by atomic mass is 9.89. The van der Waals surface area contributed by atoms with Crippen LogP contribution in [0.4, 0.5) is 8.78 Å². The Labute approximate surface area is 256 Å². The summed E-state index contributed by atoms with van der Waals surface area (Å²) in [5, 5.41) is 3.05. The number of nitrogens with zero attached hydrogens (tertiary/aromatic N) is 3. The van der Waals surface area contributed by atoms with Gasteiger partial charge in [0.25, 0.3) is 5.91 Å². The van der Waals surface area contributed by atoms with Crippen LogP contribution in [-0.2, 0) is 19.8 Å². The van der Waals surface area contributed by atoms with Crippen molar-refractivity contribution in [3.63, 3.8) is 0 Å². The molecule has 2 aromatic heterocycles. The highest BCUT2D eigenvalue weighted by molar-refractivity contribution is 7.52. The largest absolute Gasteiger partial charge is 0.399 e. The van der Waals surface area contributed by atoms with Crippen molar-refractivity contribution in [1.82, 2.24) is 20.1 Å². The molecule has 0 spiro atoms. The number of aryl methyl sites for hydroxylation is 1. The Hall–Kier alpha value is -3.25. The number of rotatable bonds is 6. The van der Waals surface area contributed by atoms with E-state index < -0.39 is 36.8 Å². The summed E-state index contributed by atoms with van der Waals surface area (Å²) in [7, 11) is -5.75. The van der Waals surface area contributed by atoms with E-state index in [1.54, 1.807) is 16.0 Å². The zero-order valence-electron chi connectivity index (χ0n) is 24.0. The number of thiophene rings is 1. The molecule has 0 aliphatic carbocycles. The van der Waals surface area contributed by atoms with Gasteiger partial charge in [0.2, 0.25) is 11.8 Å². The lowest BCUT2D eigenvalue weighted by Gasteiger charge is -2.43. The number of fused-ring (bicyclic) bond motifs is 2. The van der Waals surface area contributed by atoms with Crippen molar-refractivity contribution in [2.45, 2.75) is 75.2 Å². The quantitative estimate of drug-likeness (QED) is 0.336. The maximum Gasteiger partial charge on any atom is 0.399 e. The minimum atomic E-state index is -5.75. The molecule has 44 heavy (non-hydrogen) atoms. The first-order valence-electron chi connectivity index (χ1n) is 14.6. The molecule has 3 aromatic rings. The van der Waals surface area contributed by atoms with Crippen LogP contribution in [0, 0.1) is 6.92 Å². The number of halogens is 2. The smallest absolute Gasteiger partial charge is 0.340 e. The molecule has 3 atom stereocenters. The van der Waals surface area contributed by atoms with Gasteiger partial charge in [0.05, 0.1) is 4.88 Å². The fraction of sp³-hybridized carbons (Fsp3) is 0.467. The van der Waals surface area contributed by atoms with Gasteiger partial charge < -0.3 is 24.9 Å². The highest BCUT2D eigenvalue weighted by atomic mass is 32.1. The van der Waals surface area contributed by atoms with E-state index in [4.69, 9.17) is 9.79 Å². The van der Waals surface area contributed by atoms with Crippen LogP contribution in [-0.4, -0.2) is 73.5 Å². The molecule has 3 amide bonds. The van der Waals surface area contributed by atoms with E-state index in [9.17, 15) is 27.7 Å². The third-order valence-electron chi connectivity index (χ3n) is 9.09. The van der Waals surface area contributed by atoms with Crippen LogP contribution >= 0.6 is 18.9 Å². The molecule has 234 valence electrons. The molecule has 1 aromatic carbocycles. The normalized spacial score (nSPS) is 23.2. The summed E-state index contributed by atoms with van der Waals surface area (Å²) in [6.45, 7) is 3.17. The number of nitrogens with one attached hydrogen (secondary N) is 1. The summed E-state index contributed by atoms with van der Waals surface area (Å²) < 4.78 is 40.3. The van der Waals surface area contributed by atoms with Crippen LogP contribution in [0.5, 0.6) is 0 Å². The van der Waals surface area contributed by atoms with Gasteiger partial charge in [-0.25, -0.2) is 0 Å². The van der Waals surface area contributed by atoms with Gasteiger partial charge in [-0.15, -0.1) is 11.3 Å². The summed E-state index contributed by atoms with van der Waals surface area (Å²) in [5.41, 5.74) is -2.96. The number of hydrogen-bond acceptors (Lipinski definition) is 6. The van der Waals surface area contributed by atoms with Gasteiger partial charge >= 0.3 is 13.3 Å². The molecular weight excluding hydrogens is 613 g/mol. The molecule has 0 radical (unpaired) electrons. The van der Waals surface area contributed by atoms with Crippen LogP contribution < -0.4 is 5.32 Å². The third kappa shape index (κ3) is 5.55. The molecule has 0 bridgehead atoms. The Bertz CT molecular complexity index is 1670. The monoisotopic (exact) mass is 646 g/mol. The average molecular weight is 647 g/mol. The van der Waals surface area contributed by atoms with E-state index >= 15 is 0 Å². The van der Waals surface area contributed by atoms with Crippen LogP contribution in [0.3, 0.4) is 0 Å². The van der Waals surface area contributed by atoms with Crippen LogP contribution in [0.15, 0.2) is 42.7 Å². The van der Waals surface area contributed by atoms with E-state index in [0.717, 1.165) is 60.3 Å². The van der Waals surface area contributed by atoms with Gasteiger partial charge in [0.1, 0.15) is 12.1 Å². The molecule has 3 aliphatic heterocycles. The summed E-state index contributed by atoms with van der Waals surface area (Å²) in [5.74, 6) is -0.703. The minimum absolute atomic E-state index is 0.0725. The van der Waals surface area contributed by atoms with Gasteiger partial charge in [0.15, 0.2) is 0 Å². The summed E-state index contributed by atoms with van der Waals surface area (Å²) in [6, 6.07) is 5.00. The number of pyridine rings is 1. The van der Waals surface area contributed by atoms with Crippen molar-refractivity contribution in [2.24, 2.45) is 0 Å². The first-order chi connectivity index (χ1) is 20.8. The molecule has 0 unspecified atom stereocenters. The van der Waals surface area contributed by atoms with Crippen molar-refractivity contribution in [1.29, 1.82) is 0 Å². The molecule has 10 nitrogen and oxygen atoms in total. The lowest BCUT2D eigenvalue weighted by molar-refractivity contribution is -0.149. The van der Waals surface area contributed by atoms with E-state index in [2.05, 4.69) is 10.3 Å². The lowest BCUT2D eigenvalue weighted by Crippen LogP contribution is -2.59. The number of likely N-dealkylation sites (tertiary alicyclic amines) is 1. The number of aromatic nitrogens is 1. The van der Waals surface area contributed by atoms with Crippen LogP contribution in [0.2, 0.25) is 0 Å². The van der Waals surface area contributed by atoms with Gasteiger partial charge in [-0.3, -0.25) is 23.9 Å². The van der Waals surface area contributed by atoms with Gasteiger partial charge in [0, 0.05) is 47.7 Å². The number of carbonyl (C=O) groups excluding carboxylic acids is 3. The molecular formula is C30H33F2N4O6PS. The van der Waals surface area contributed by atoms with E-state index in [1.807, 2.05) is 19.2 Å². The fourth-order valence-electron chi connectivity index (χ4n) is 6.62. The second kappa shape index (κ2) is 11.6. The third-order valence-corrected chi connectivity index (χ3v) is 11.2. The maximum absolute atomic E-state index is 14.3. The Balaban J connectivity index is 1.16. The highest BCUT2D eigenvalue weighted by Crippen LogP contribution is 2.59. The first-order valence-corrected chi connectivity index (χ1v) is 17.1. The summed E-state index contributed by atoms with van der Waals surface area (Å²) >= 11 is 1.03. The number of amides is 3. The van der Waals surface area contributed by atoms with Gasteiger partial charge in [-0.1, -0.05) is 18.9 Å². The molecule has 3 fully saturated rings. The number of carbonyl (C=O) groups is 3. The van der Waals surface area contributed by atoms with E-state index in [0.29, 0.717) is 30.6 Å². The molecule has 3 N–H and O–H groups in total. The van der Waals surface area contributed by atoms with Crippen molar-refractivity contribution >= 4 is 46.7 Å². The van der Waals surface area contributed by atoms with Crippen LogP contribution in [0.1, 0.15) is 70.8 Å². The van der Waals surface area contributed by atoms with Crippen LogP contribution in [0.25, 0.3) is 10.1 Å². The number of hydrogen-bond donors (Lipinski definition) is 3. The SMILES string of the molecule is Cc1ccncc1C1CN(C(=O)[C@@H]2CC[C@@H]3CCCC[C@H](NC(=O)c4cc5cc(C(F)(F)P(=O)(O)O)ccc5s4)C(=O)N32)C1. The van der Waals surface area contributed by atoms with Crippen molar-refractivity contribution in [3.05, 3.63) is 64.3 Å². The number of benzene rings is 1. The Kier molecular flexibility index (Phi) is 8.11. The van der Waals surface area contributed by atoms with Gasteiger partial charge in [-0.2, -0.15) is 8.78 Å². The maximum atomic E-state index is 14.3. The van der Waals surface area contributed by atoms with Crippen molar-refractivity contribution < 1.29 is 37.5 Å². The average Bonchev–Trinajstić information content (AvgIpc) is 3.57. The second-order valence-corrected chi connectivity index (χ2v) is 14.7. The molecule has 5 heterocycles.